The summed E-state index contributed by atoms with van der Waals surface area (Å²) in [6, 6.07) is 7.44. The third-order valence-corrected chi connectivity index (χ3v) is 5.94. The fourth-order valence-electron chi connectivity index (χ4n) is 4.16. The summed E-state index contributed by atoms with van der Waals surface area (Å²) >= 11 is 0. The lowest BCUT2D eigenvalue weighted by Crippen LogP contribution is -2.43. The van der Waals surface area contributed by atoms with E-state index < -0.39 is 0 Å². The minimum Gasteiger partial charge on any atom is -0.490 e. The molecule has 0 unspecified atom stereocenters. The average Bonchev–Trinajstić information content (AvgIpc) is 2.82. The average molecular weight is 433 g/mol. The summed E-state index contributed by atoms with van der Waals surface area (Å²) in [5, 5.41) is 0. The molecule has 2 fully saturated rings. The first-order chi connectivity index (χ1) is 15.1. The van der Waals surface area contributed by atoms with Crippen LogP contribution in [-0.4, -0.2) is 80.3 Å². The SMILES string of the molecule is CCCO[C@H]1CCCN(C(=O)c2ccc(OC3CCN(C(=O)CCOC)CC3)cc2)C1. The van der Waals surface area contributed by atoms with Gasteiger partial charge in [-0.1, -0.05) is 6.92 Å². The van der Waals surface area contributed by atoms with Crippen molar-refractivity contribution in [1.29, 1.82) is 0 Å². The van der Waals surface area contributed by atoms with Crippen LogP contribution < -0.4 is 4.74 Å². The van der Waals surface area contributed by atoms with Gasteiger partial charge >= 0.3 is 0 Å². The van der Waals surface area contributed by atoms with E-state index in [0.717, 1.165) is 51.0 Å². The fraction of sp³-hybridized carbons (Fsp3) is 0.667. The molecule has 2 amide bonds. The van der Waals surface area contributed by atoms with Crippen molar-refractivity contribution in [2.24, 2.45) is 0 Å². The maximum atomic E-state index is 12.9. The lowest BCUT2D eigenvalue weighted by molar-refractivity contribution is -0.133. The Balaban J connectivity index is 1.46. The molecule has 172 valence electrons. The number of methoxy groups -OCH3 is 1. The van der Waals surface area contributed by atoms with E-state index in [2.05, 4.69) is 6.92 Å². The summed E-state index contributed by atoms with van der Waals surface area (Å²) in [6.45, 7) is 6.17. The normalized spacial score (nSPS) is 20.0. The van der Waals surface area contributed by atoms with Gasteiger partial charge < -0.3 is 24.0 Å². The first-order valence-electron chi connectivity index (χ1n) is 11.5. The second-order valence-corrected chi connectivity index (χ2v) is 8.35. The van der Waals surface area contributed by atoms with Gasteiger partial charge in [-0.25, -0.2) is 0 Å². The minimum atomic E-state index is 0.0548. The van der Waals surface area contributed by atoms with Crippen molar-refractivity contribution < 1.29 is 23.8 Å². The number of amides is 2. The molecule has 2 heterocycles. The highest BCUT2D eigenvalue weighted by molar-refractivity contribution is 5.94. The van der Waals surface area contributed by atoms with E-state index >= 15 is 0 Å². The summed E-state index contributed by atoms with van der Waals surface area (Å²) in [5.74, 6) is 0.964. The number of benzene rings is 1. The lowest BCUT2D eigenvalue weighted by Gasteiger charge is -2.33. The van der Waals surface area contributed by atoms with Crippen molar-refractivity contribution in [2.75, 3.05) is 46.5 Å². The molecule has 2 saturated heterocycles. The highest BCUT2D eigenvalue weighted by atomic mass is 16.5. The predicted octanol–water partition coefficient (Wildman–Crippen LogP) is 3.12. The number of carbonyl (C=O) groups is 2. The van der Waals surface area contributed by atoms with Gasteiger partial charge in [0, 0.05) is 58.3 Å². The van der Waals surface area contributed by atoms with Gasteiger partial charge in [0.2, 0.25) is 5.91 Å². The predicted molar refractivity (Wildman–Crippen MR) is 118 cm³/mol. The van der Waals surface area contributed by atoms with E-state index in [9.17, 15) is 9.59 Å². The van der Waals surface area contributed by atoms with E-state index in [4.69, 9.17) is 14.2 Å². The van der Waals surface area contributed by atoms with E-state index in [1.54, 1.807) is 7.11 Å². The lowest BCUT2D eigenvalue weighted by atomic mass is 10.1. The van der Waals surface area contributed by atoms with Crippen molar-refractivity contribution in [3.05, 3.63) is 29.8 Å². The van der Waals surface area contributed by atoms with Crippen LogP contribution in [-0.2, 0) is 14.3 Å². The molecule has 0 bridgehead atoms. The van der Waals surface area contributed by atoms with Crippen LogP contribution in [0.3, 0.4) is 0 Å². The summed E-state index contributed by atoms with van der Waals surface area (Å²) < 4.78 is 16.9. The first kappa shape index (κ1) is 23.5. The molecule has 7 nitrogen and oxygen atoms in total. The maximum absolute atomic E-state index is 12.9. The fourth-order valence-corrected chi connectivity index (χ4v) is 4.16. The number of rotatable bonds is 9. The van der Waals surface area contributed by atoms with Crippen LogP contribution in [0.5, 0.6) is 5.75 Å². The Labute approximate surface area is 185 Å². The Morgan fingerprint density at radius 2 is 1.71 bits per heavy atom. The molecule has 2 aliphatic rings. The summed E-state index contributed by atoms with van der Waals surface area (Å²) in [4.78, 5) is 28.8. The quantitative estimate of drug-likeness (QED) is 0.600. The molecular weight excluding hydrogens is 396 g/mol. The van der Waals surface area contributed by atoms with E-state index in [-0.39, 0.29) is 24.0 Å². The zero-order valence-corrected chi connectivity index (χ0v) is 18.9. The molecule has 31 heavy (non-hydrogen) atoms. The van der Waals surface area contributed by atoms with E-state index in [1.165, 1.54) is 0 Å². The van der Waals surface area contributed by atoms with Gasteiger partial charge in [-0.2, -0.15) is 0 Å². The molecule has 0 saturated carbocycles. The zero-order chi connectivity index (χ0) is 22.1. The van der Waals surface area contributed by atoms with Gasteiger partial charge in [0.05, 0.1) is 19.1 Å². The van der Waals surface area contributed by atoms with Gasteiger partial charge in [-0.3, -0.25) is 9.59 Å². The Kier molecular flexibility index (Phi) is 9.15. The molecule has 7 heteroatoms. The van der Waals surface area contributed by atoms with Crippen molar-refractivity contribution in [3.63, 3.8) is 0 Å². The highest BCUT2D eigenvalue weighted by Crippen LogP contribution is 2.22. The van der Waals surface area contributed by atoms with Crippen LogP contribution in [0.25, 0.3) is 0 Å². The van der Waals surface area contributed by atoms with Crippen LogP contribution in [0.2, 0.25) is 0 Å². The molecule has 1 aromatic carbocycles. The van der Waals surface area contributed by atoms with E-state index in [0.29, 0.717) is 38.2 Å². The zero-order valence-electron chi connectivity index (χ0n) is 18.9. The van der Waals surface area contributed by atoms with Crippen molar-refractivity contribution in [3.8, 4) is 5.75 Å². The second kappa shape index (κ2) is 12.1. The molecule has 3 rings (SSSR count). The first-order valence-corrected chi connectivity index (χ1v) is 11.5. The number of piperidine rings is 2. The smallest absolute Gasteiger partial charge is 0.253 e. The number of hydrogen-bond donors (Lipinski definition) is 0. The third kappa shape index (κ3) is 6.94. The number of hydrogen-bond acceptors (Lipinski definition) is 5. The Bertz CT molecular complexity index is 700. The summed E-state index contributed by atoms with van der Waals surface area (Å²) in [6.07, 6.45) is 5.29. The van der Waals surface area contributed by atoms with Crippen LogP contribution >= 0.6 is 0 Å². The maximum Gasteiger partial charge on any atom is 0.253 e. The monoisotopic (exact) mass is 432 g/mol. The van der Waals surface area contributed by atoms with Crippen molar-refractivity contribution >= 4 is 11.8 Å². The Morgan fingerprint density at radius 1 is 0.968 bits per heavy atom. The van der Waals surface area contributed by atoms with E-state index in [1.807, 2.05) is 34.1 Å². The topological polar surface area (TPSA) is 68.3 Å². The molecule has 0 N–H and O–H groups in total. The molecule has 0 radical (unpaired) electrons. The van der Waals surface area contributed by atoms with Gasteiger partial charge in [0.25, 0.3) is 5.91 Å². The standard InChI is InChI=1S/C24H36N2O5/c1-3-16-30-22-5-4-13-26(18-22)24(28)19-6-8-20(9-7-19)31-21-10-14-25(15-11-21)23(27)12-17-29-2/h6-9,21-22H,3-5,10-18H2,1-2H3/t22-/m0/s1. The molecule has 0 aromatic heterocycles. The summed E-state index contributed by atoms with van der Waals surface area (Å²) in [5.41, 5.74) is 0.682. The molecule has 1 atom stereocenters. The number of nitrogens with zero attached hydrogens (tertiary/aromatic N) is 2. The Hall–Kier alpha value is -2.12. The molecule has 1 aromatic rings. The number of carbonyl (C=O) groups excluding carboxylic acids is 2. The molecule has 0 aliphatic carbocycles. The van der Waals surface area contributed by atoms with Gasteiger partial charge in [0.1, 0.15) is 11.9 Å². The van der Waals surface area contributed by atoms with Crippen LogP contribution in [0.4, 0.5) is 0 Å². The van der Waals surface area contributed by atoms with Gasteiger partial charge in [-0.15, -0.1) is 0 Å². The third-order valence-electron chi connectivity index (χ3n) is 5.94. The van der Waals surface area contributed by atoms with Gasteiger partial charge in [0.15, 0.2) is 0 Å². The Morgan fingerprint density at radius 3 is 2.39 bits per heavy atom. The highest BCUT2D eigenvalue weighted by Gasteiger charge is 2.26. The molecule has 0 spiro atoms. The molecule has 2 aliphatic heterocycles. The second-order valence-electron chi connectivity index (χ2n) is 8.35. The molecular formula is C24H36N2O5. The minimum absolute atomic E-state index is 0.0548. The van der Waals surface area contributed by atoms with Crippen molar-refractivity contribution in [2.45, 2.75) is 57.7 Å². The number of ether oxygens (including phenoxy) is 3. The van der Waals surface area contributed by atoms with Crippen molar-refractivity contribution in [1.82, 2.24) is 9.80 Å². The van der Waals surface area contributed by atoms with Gasteiger partial charge in [-0.05, 0) is 43.5 Å². The summed E-state index contributed by atoms with van der Waals surface area (Å²) in [7, 11) is 1.61. The number of likely N-dealkylation sites (tertiary alicyclic amines) is 2. The van der Waals surface area contributed by atoms with Crippen LogP contribution in [0, 0.1) is 0 Å². The largest absolute Gasteiger partial charge is 0.490 e. The van der Waals surface area contributed by atoms with Crippen LogP contribution in [0.15, 0.2) is 24.3 Å². The van der Waals surface area contributed by atoms with Crippen LogP contribution in [0.1, 0.15) is 55.8 Å².